The zero-order valence-electron chi connectivity index (χ0n) is 13.7. The summed E-state index contributed by atoms with van der Waals surface area (Å²) in [7, 11) is 0. The van der Waals surface area contributed by atoms with Gasteiger partial charge in [-0.15, -0.1) is 5.10 Å². The summed E-state index contributed by atoms with van der Waals surface area (Å²) in [6.07, 6.45) is 4.61. The molecular formula is C17H24N4OS. The quantitative estimate of drug-likeness (QED) is 0.543. The summed E-state index contributed by atoms with van der Waals surface area (Å²) in [4.78, 5) is 16.3. The van der Waals surface area contributed by atoms with Gasteiger partial charge in [0.2, 0.25) is 11.1 Å². The van der Waals surface area contributed by atoms with Crippen molar-refractivity contribution in [1.82, 2.24) is 20.5 Å². The molecule has 0 radical (unpaired) electrons. The molecule has 1 aromatic carbocycles. The second-order valence-electron chi connectivity index (χ2n) is 5.59. The zero-order valence-corrected chi connectivity index (χ0v) is 14.5. The molecule has 0 unspecified atom stereocenters. The van der Waals surface area contributed by atoms with Gasteiger partial charge in [0.15, 0.2) is 5.82 Å². The number of thioether (sulfide) groups is 1. The van der Waals surface area contributed by atoms with E-state index >= 15 is 0 Å². The van der Waals surface area contributed by atoms with Gasteiger partial charge in [-0.3, -0.25) is 9.89 Å². The topological polar surface area (TPSA) is 70.7 Å². The molecule has 0 bridgehead atoms. The van der Waals surface area contributed by atoms with E-state index in [1.54, 1.807) is 0 Å². The Morgan fingerprint density at radius 2 is 2.09 bits per heavy atom. The van der Waals surface area contributed by atoms with Crippen molar-refractivity contribution in [3.63, 3.8) is 0 Å². The molecule has 2 aromatic rings. The smallest absolute Gasteiger partial charge is 0.230 e. The largest absolute Gasteiger partial charge is 0.353 e. The molecule has 1 heterocycles. The fourth-order valence-electron chi connectivity index (χ4n) is 2.26. The normalized spacial score (nSPS) is 12.1. The van der Waals surface area contributed by atoms with Crippen LogP contribution in [0.25, 0.3) is 11.4 Å². The highest BCUT2D eigenvalue weighted by molar-refractivity contribution is 7.99. The molecule has 0 aliphatic carbocycles. The first kappa shape index (κ1) is 17.5. The fraction of sp³-hybridized carbons (Fsp3) is 0.471. The summed E-state index contributed by atoms with van der Waals surface area (Å²) in [5, 5.41) is 10.7. The summed E-state index contributed by atoms with van der Waals surface area (Å²) in [6.45, 7) is 4.24. The van der Waals surface area contributed by atoms with Crippen molar-refractivity contribution in [3.05, 3.63) is 30.3 Å². The minimum atomic E-state index is 0.0325. The lowest BCUT2D eigenvalue weighted by Gasteiger charge is -2.12. The molecule has 1 amide bonds. The van der Waals surface area contributed by atoms with Gasteiger partial charge in [0.05, 0.1) is 5.75 Å². The number of aromatic amines is 1. The second-order valence-corrected chi connectivity index (χ2v) is 6.53. The lowest BCUT2D eigenvalue weighted by Crippen LogP contribution is -2.33. The Morgan fingerprint density at radius 1 is 1.30 bits per heavy atom. The number of amides is 1. The van der Waals surface area contributed by atoms with Crippen LogP contribution in [0.2, 0.25) is 0 Å². The zero-order chi connectivity index (χ0) is 16.5. The average molecular weight is 332 g/mol. The number of benzene rings is 1. The number of hydrogen-bond donors (Lipinski definition) is 2. The highest BCUT2D eigenvalue weighted by atomic mass is 32.2. The SMILES string of the molecule is CCCCC[C@H](C)NC(=O)CSc1n[nH]c(-c2ccccc2)n1. The van der Waals surface area contributed by atoms with Crippen LogP contribution in [-0.4, -0.2) is 32.9 Å². The molecule has 2 N–H and O–H groups in total. The van der Waals surface area contributed by atoms with Crippen LogP contribution in [0.3, 0.4) is 0 Å². The first-order valence-electron chi connectivity index (χ1n) is 8.09. The summed E-state index contributed by atoms with van der Waals surface area (Å²) >= 11 is 1.35. The van der Waals surface area contributed by atoms with Crippen LogP contribution in [0.1, 0.15) is 39.5 Å². The number of unbranched alkanes of at least 4 members (excludes halogenated alkanes) is 2. The van der Waals surface area contributed by atoms with Crippen molar-refractivity contribution in [3.8, 4) is 11.4 Å². The monoisotopic (exact) mass is 332 g/mol. The summed E-state index contributed by atoms with van der Waals surface area (Å²) in [5.41, 5.74) is 0.987. The van der Waals surface area contributed by atoms with Gasteiger partial charge in [-0.1, -0.05) is 68.3 Å². The number of rotatable bonds is 9. The van der Waals surface area contributed by atoms with E-state index in [0.29, 0.717) is 10.9 Å². The van der Waals surface area contributed by atoms with Crippen molar-refractivity contribution in [2.24, 2.45) is 0 Å². The average Bonchev–Trinajstić information content (AvgIpc) is 3.03. The molecule has 1 atom stereocenters. The molecule has 1 aromatic heterocycles. The maximum Gasteiger partial charge on any atom is 0.230 e. The van der Waals surface area contributed by atoms with E-state index in [1.165, 1.54) is 24.6 Å². The molecule has 0 spiro atoms. The third kappa shape index (κ3) is 6.06. The third-order valence-electron chi connectivity index (χ3n) is 3.49. The van der Waals surface area contributed by atoms with Gasteiger partial charge in [0.1, 0.15) is 0 Å². The van der Waals surface area contributed by atoms with Crippen LogP contribution in [0.4, 0.5) is 0 Å². The van der Waals surface area contributed by atoms with E-state index in [0.717, 1.165) is 24.2 Å². The van der Waals surface area contributed by atoms with Gasteiger partial charge in [0.25, 0.3) is 0 Å². The first-order valence-corrected chi connectivity index (χ1v) is 9.07. The van der Waals surface area contributed by atoms with E-state index in [9.17, 15) is 4.79 Å². The minimum absolute atomic E-state index is 0.0325. The Hall–Kier alpha value is -1.82. The molecule has 0 aliphatic heterocycles. The van der Waals surface area contributed by atoms with Crippen LogP contribution in [0.5, 0.6) is 0 Å². The maximum absolute atomic E-state index is 11.9. The summed E-state index contributed by atoms with van der Waals surface area (Å²) in [5.74, 6) is 1.09. The Labute approximate surface area is 141 Å². The fourth-order valence-corrected chi connectivity index (χ4v) is 2.86. The molecule has 2 rings (SSSR count). The number of nitrogens with one attached hydrogen (secondary N) is 2. The van der Waals surface area contributed by atoms with Crippen LogP contribution in [-0.2, 0) is 4.79 Å². The van der Waals surface area contributed by atoms with Crippen LogP contribution in [0, 0.1) is 0 Å². The van der Waals surface area contributed by atoms with Crippen molar-refractivity contribution >= 4 is 17.7 Å². The standard InChI is InChI=1S/C17H24N4OS/c1-3-4-6-9-13(2)18-15(22)12-23-17-19-16(20-21-17)14-10-7-5-8-11-14/h5,7-8,10-11,13H,3-4,6,9,12H2,1-2H3,(H,18,22)(H,19,20,21)/t13-/m0/s1. The Morgan fingerprint density at radius 3 is 2.83 bits per heavy atom. The van der Waals surface area contributed by atoms with Crippen molar-refractivity contribution in [2.45, 2.75) is 50.7 Å². The van der Waals surface area contributed by atoms with Crippen molar-refractivity contribution < 1.29 is 4.79 Å². The molecule has 23 heavy (non-hydrogen) atoms. The molecule has 0 fully saturated rings. The van der Waals surface area contributed by atoms with E-state index < -0.39 is 0 Å². The third-order valence-corrected chi connectivity index (χ3v) is 4.34. The van der Waals surface area contributed by atoms with E-state index in [-0.39, 0.29) is 11.9 Å². The van der Waals surface area contributed by atoms with Gasteiger partial charge < -0.3 is 5.32 Å². The Balaban J connectivity index is 1.75. The van der Waals surface area contributed by atoms with E-state index in [2.05, 4.69) is 34.3 Å². The van der Waals surface area contributed by atoms with Gasteiger partial charge >= 0.3 is 0 Å². The molecule has 124 valence electrons. The lowest BCUT2D eigenvalue weighted by molar-refractivity contribution is -0.119. The van der Waals surface area contributed by atoms with Gasteiger partial charge in [-0.05, 0) is 13.3 Å². The molecule has 6 heteroatoms. The van der Waals surface area contributed by atoms with Crippen LogP contribution in [0.15, 0.2) is 35.5 Å². The number of carbonyl (C=O) groups excluding carboxylic acids is 1. The van der Waals surface area contributed by atoms with Gasteiger partial charge in [0, 0.05) is 11.6 Å². The summed E-state index contributed by atoms with van der Waals surface area (Å²) < 4.78 is 0. The van der Waals surface area contributed by atoms with Crippen LogP contribution < -0.4 is 5.32 Å². The number of H-pyrrole nitrogens is 1. The van der Waals surface area contributed by atoms with E-state index in [4.69, 9.17) is 0 Å². The minimum Gasteiger partial charge on any atom is -0.353 e. The van der Waals surface area contributed by atoms with E-state index in [1.807, 2.05) is 30.3 Å². The Kier molecular flexibility index (Phi) is 7.13. The maximum atomic E-state index is 11.9. The predicted molar refractivity (Wildman–Crippen MR) is 94.3 cm³/mol. The number of hydrogen-bond acceptors (Lipinski definition) is 4. The number of nitrogens with zero attached hydrogens (tertiary/aromatic N) is 2. The molecule has 5 nitrogen and oxygen atoms in total. The first-order chi connectivity index (χ1) is 11.2. The predicted octanol–water partition coefficient (Wildman–Crippen LogP) is 3.65. The van der Waals surface area contributed by atoms with Gasteiger partial charge in [-0.2, -0.15) is 0 Å². The van der Waals surface area contributed by atoms with Crippen LogP contribution >= 0.6 is 11.8 Å². The second kappa shape index (κ2) is 9.35. The highest BCUT2D eigenvalue weighted by Crippen LogP contribution is 2.18. The summed E-state index contributed by atoms with van der Waals surface area (Å²) in [6, 6.07) is 10.0. The Bertz CT molecular complexity index is 600. The number of aromatic nitrogens is 3. The molecule has 0 saturated heterocycles. The van der Waals surface area contributed by atoms with Crippen molar-refractivity contribution in [2.75, 3.05) is 5.75 Å². The lowest BCUT2D eigenvalue weighted by atomic mass is 10.1. The highest BCUT2D eigenvalue weighted by Gasteiger charge is 2.10. The van der Waals surface area contributed by atoms with Crippen molar-refractivity contribution in [1.29, 1.82) is 0 Å². The van der Waals surface area contributed by atoms with Gasteiger partial charge in [-0.25, -0.2) is 4.98 Å². The number of carbonyl (C=O) groups is 1. The molecular weight excluding hydrogens is 308 g/mol. The molecule has 0 saturated carbocycles. The molecule has 0 aliphatic rings.